The Morgan fingerprint density at radius 2 is 2.00 bits per heavy atom. The van der Waals surface area contributed by atoms with Crippen molar-refractivity contribution in [3.63, 3.8) is 0 Å². The summed E-state index contributed by atoms with van der Waals surface area (Å²) < 4.78 is 0. The first kappa shape index (κ1) is 12.1. The summed E-state index contributed by atoms with van der Waals surface area (Å²) in [5, 5.41) is 9.18. The van der Waals surface area contributed by atoms with E-state index in [0.29, 0.717) is 12.1 Å². The van der Waals surface area contributed by atoms with Crippen LogP contribution in [-0.4, -0.2) is 34.4 Å². The van der Waals surface area contributed by atoms with Gasteiger partial charge >= 0.3 is 0 Å². The van der Waals surface area contributed by atoms with Crippen LogP contribution in [0.2, 0.25) is 0 Å². The van der Waals surface area contributed by atoms with Crippen LogP contribution in [0, 0.1) is 0 Å². The van der Waals surface area contributed by atoms with Crippen LogP contribution < -0.4 is 0 Å². The molecule has 2 rings (SSSR count). The van der Waals surface area contributed by atoms with E-state index in [4.69, 9.17) is 0 Å². The first-order valence-electron chi connectivity index (χ1n) is 6.06. The van der Waals surface area contributed by atoms with Crippen molar-refractivity contribution in [3.05, 3.63) is 29.8 Å². The number of benzene rings is 1. The predicted octanol–water partition coefficient (Wildman–Crippen LogP) is 2.45. The molecule has 0 amide bonds. The van der Waals surface area contributed by atoms with Gasteiger partial charge in [0.1, 0.15) is 5.75 Å². The van der Waals surface area contributed by atoms with E-state index in [1.54, 1.807) is 24.3 Å². The van der Waals surface area contributed by atoms with Gasteiger partial charge in [-0.2, -0.15) is 0 Å². The van der Waals surface area contributed by atoms with Crippen molar-refractivity contribution >= 4 is 5.78 Å². The zero-order valence-corrected chi connectivity index (χ0v) is 10.4. The number of nitrogens with zero attached hydrogens (tertiary/aromatic N) is 1. The predicted molar refractivity (Wildman–Crippen MR) is 67.3 cm³/mol. The van der Waals surface area contributed by atoms with Gasteiger partial charge in [-0.05, 0) is 57.5 Å². The van der Waals surface area contributed by atoms with Gasteiger partial charge in [-0.25, -0.2) is 0 Å². The van der Waals surface area contributed by atoms with Crippen LogP contribution in [-0.2, 0) is 0 Å². The maximum atomic E-state index is 12.1. The highest BCUT2D eigenvalue weighted by Gasteiger charge is 2.32. The number of likely N-dealkylation sites (tertiary alicyclic amines) is 1. The van der Waals surface area contributed by atoms with Crippen LogP contribution in [0.1, 0.15) is 37.0 Å². The molecule has 0 bridgehead atoms. The fraction of sp³-hybridized carbons (Fsp3) is 0.500. The van der Waals surface area contributed by atoms with Gasteiger partial charge in [0.2, 0.25) is 0 Å². The molecule has 17 heavy (non-hydrogen) atoms. The van der Waals surface area contributed by atoms with E-state index >= 15 is 0 Å². The standard InChI is InChI=1S/C14H19NO2/c1-14(2)8-3-9-15(14)10-13(17)11-4-6-12(16)7-5-11/h4-7,16H,3,8-10H2,1-2H3. The van der Waals surface area contributed by atoms with Crippen LogP contribution in [0.15, 0.2) is 24.3 Å². The van der Waals surface area contributed by atoms with E-state index < -0.39 is 0 Å². The molecule has 1 saturated heterocycles. The number of hydrogen-bond donors (Lipinski definition) is 1. The number of rotatable bonds is 3. The highest BCUT2D eigenvalue weighted by molar-refractivity contribution is 5.97. The molecule has 1 heterocycles. The summed E-state index contributed by atoms with van der Waals surface area (Å²) in [6.07, 6.45) is 2.31. The first-order chi connectivity index (χ1) is 7.99. The van der Waals surface area contributed by atoms with Crippen molar-refractivity contribution in [2.24, 2.45) is 0 Å². The molecule has 0 aliphatic carbocycles. The van der Waals surface area contributed by atoms with Gasteiger partial charge in [-0.1, -0.05) is 0 Å². The van der Waals surface area contributed by atoms with Crippen molar-refractivity contribution < 1.29 is 9.90 Å². The highest BCUT2D eigenvalue weighted by Crippen LogP contribution is 2.28. The molecule has 0 saturated carbocycles. The first-order valence-corrected chi connectivity index (χ1v) is 6.06. The topological polar surface area (TPSA) is 40.5 Å². The number of ketones is 1. The number of phenolic OH excluding ortho intramolecular Hbond substituents is 1. The molecule has 1 aliphatic heterocycles. The maximum Gasteiger partial charge on any atom is 0.176 e. The van der Waals surface area contributed by atoms with Crippen molar-refractivity contribution in [3.8, 4) is 5.75 Å². The zero-order chi connectivity index (χ0) is 12.5. The molecule has 1 aromatic rings. The van der Waals surface area contributed by atoms with E-state index in [-0.39, 0.29) is 17.1 Å². The van der Waals surface area contributed by atoms with Crippen LogP contribution in [0.5, 0.6) is 5.75 Å². The molecule has 1 N–H and O–H groups in total. The summed E-state index contributed by atoms with van der Waals surface area (Å²) in [5.74, 6) is 0.322. The lowest BCUT2D eigenvalue weighted by atomic mass is 10.0. The maximum absolute atomic E-state index is 12.1. The third-order valence-electron chi connectivity index (χ3n) is 3.60. The van der Waals surface area contributed by atoms with Gasteiger partial charge in [0.25, 0.3) is 0 Å². The number of aromatic hydroxyl groups is 1. The summed E-state index contributed by atoms with van der Waals surface area (Å²) >= 11 is 0. The van der Waals surface area contributed by atoms with E-state index in [1.807, 2.05) is 0 Å². The fourth-order valence-electron chi connectivity index (χ4n) is 2.37. The second kappa shape index (κ2) is 4.49. The third-order valence-corrected chi connectivity index (χ3v) is 3.60. The lowest BCUT2D eigenvalue weighted by Gasteiger charge is -2.30. The van der Waals surface area contributed by atoms with Gasteiger partial charge in [-0.15, -0.1) is 0 Å². The minimum atomic E-state index is 0.125. The molecule has 3 nitrogen and oxygen atoms in total. The largest absolute Gasteiger partial charge is 0.508 e. The van der Waals surface area contributed by atoms with Crippen molar-refractivity contribution in [1.29, 1.82) is 0 Å². The van der Waals surface area contributed by atoms with Gasteiger partial charge in [-0.3, -0.25) is 9.69 Å². The van der Waals surface area contributed by atoms with Crippen molar-refractivity contribution in [2.45, 2.75) is 32.2 Å². The molecule has 1 aromatic carbocycles. The van der Waals surface area contributed by atoms with Gasteiger partial charge < -0.3 is 5.11 Å². The van der Waals surface area contributed by atoms with Crippen LogP contribution in [0.4, 0.5) is 0 Å². The summed E-state index contributed by atoms with van der Waals surface area (Å²) in [4.78, 5) is 14.3. The molecule has 0 spiro atoms. The van der Waals surface area contributed by atoms with E-state index in [9.17, 15) is 9.90 Å². The van der Waals surface area contributed by atoms with Gasteiger partial charge in [0.15, 0.2) is 5.78 Å². The molecule has 0 atom stereocenters. The average Bonchev–Trinajstić information content (AvgIpc) is 2.59. The van der Waals surface area contributed by atoms with E-state index in [1.165, 1.54) is 0 Å². The van der Waals surface area contributed by atoms with Gasteiger partial charge in [0.05, 0.1) is 6.54 Å². The summed E-state index contributed by atoms with van der Waals surface area (Å²) in [7, 11) is 0. The molecule has 3 heteroatoms. The second-order valence-corrected chi connectivity index (χ2v) is 5.31. The second-order valence-electron chi connectivity index (χ2n) is 5.31. The lowest BCUT2D eigenvalue weighted by molar-refractivity contribution is 0.0871. The Kier molecular flexibility index (Phi) is 3.20. The van der Waals surface area contributed by atoms with Crippen LogP contribution >= 0.6 is 0 Å². The number of carbonyl (C=O) groups is 1. The molecule has 1 aliphatic rings. The van der Waals surface area contributed by atoms with Crippen LogP contribution in [0.25, 0.3) is 0 Å². The Morgan fingerprint density at radius 1 is 1.35 bits per heavy atom. The Morgan fingerprint density at radius 3 is 2.53 bits per heavy atom. The SMILES string of the molecule is CC1(C)CCCN1CC(=O)c1ccc(O)cc1. The molecule has 0 aromatic heterocycles. The Balaban J connectivity index is 2.04. The minimum Gasteiger partial charge on any atom is -0.508 e. The Bertz CT molecular complexity index is 409. The highest BCUT2D eigenvalue weighted by atomic mass is 16.3. The monoisotopic (exact) mass is 233 g/mol. The number of Topliss-reactive ketones (excluding diaryl/α,β-unsaturated/α-hetero) is 1. The quantitative estimate of drug-likeness (QED) is 0.815. The molecular formula is C14H19NO2. The van der Waals surface area contributed by atoms with Crippen molar-refractivity contribution in [2.75, 3.05) is 13.1 Å². The number of hydrogen-bond acceptors (Lipinski definition) is 3. The van der Waals surface area contributed by atoms with Crippen LogP contribution in [0.3, 0.4) is 0 Å². The molecular weight excluding hydrogens is 214 g/mol. The molecule has 92 valence electrons. The normalized spacial score (nSPS) is 19.4. The summed E-state index contributed by atoms with van der Waals surface area (Å²) in [5.41, 5.74) is 0.803. The zero-order valence-electron chi connectivity index (χ0n) is 10.4. The van der Waals surface area contributed by atoms with E-state index in [0.717, 1.165) is 19.4 Å². The number of carbonyl (C=O) groups excluding carboxylic acids is 1. The van der Waals surface area contributed by atoms with Gasteiger partial charge in [0, 0.05) is 11.1 Å². The Hall–Kier alpha value is -1.35. The smallest absolute Gasteiger partial charge is 0.176 e. The minimum absolute atomic E-state index is 0.125. The summed E-state index contributed by atoms with van der Waals surface area (Å²) in [6, 6.07) is 6.48. The molecule has 1 fully saturated rings. The molecule has 0 unspecified atom stereocenters. The number of phenols is 1. The third kappa shape index (κ3) is 2.67. The van der Waals surface area contributed by atoms with Crippen molar-refractivity contribution in [1.82, 2.24) is 4.90 Å². The van der Waals surface area contributed by atoms with E-state index in [2.05, 4.69) is 18.7 Å². The molecule has 0 radical (unpaired) electrons. The lowest BCUT2D eigenvalue weighted by Crippen LogP contribution is -2.41. The average molecular weight is 233 g/mol. The summed E-state index contributed by atoms with van der Waals surface area (Å²) in [6.45, 7) is 5.84. The Labute approximate surface area is 102 Å². The fourth-order valence-corrected chi connectivity index (χ4v) is 2.37.